The number of carbonyl (C=O) groups is 2. The summed E-state index contributed by atoms with van der Waals surface area (Å²) in [4.78, 5) is 26.3. The Morgan fingerprint density at radius 1 is 1.11 bits per heavy atom. The highest BCUT2D eigenvalue weighted by molar-refractivity contribution is 5.92. The number of anilines is 2. The van der Waals surface area contributed by atoms with Crippen LogP contribution in [0.25, 0.3) is 0 Å². The molecular weight excluding hydrogens is 344 g/mol. The van der Waals surface area contributed by atoms with Crippen molar-refractivity contribution in [3.05, 3.63) is 24.3 Å². The standard InChI is InChI=1S/C21H28N2O4/c24-20(14-27-21(25)13-17-12-15-1-2-16(17)11-15)22-18-3-5-19(6-4-18)23-7-9-26-10-8-23/h3-6,15-17H,1-2,7-14H2,(H,22,24)/t15-,16-,17+/m1/s1. The van der Waals surface area contributed by atoms with E-state index < -0.39 is 0 Å². The average Bonchev–Trinajstić information content (AvgIpc) is 3.31. The summed E-state index contributed by atoms with van der Waals surface area (Å²) < 4.78 is 10.6. The molecule has 1 aromatic carbocycles. The van der Waals surface area contributed by atoms with Crippen molar-refractivity contribution in [2.24, 2.45) is 17.8 Å². The molecule has 1 aromatic rings. The van der Waals surface area contributed by atoms with Crippen molar-refractivity contribution in [3.8, 4) is 0 Å². The number of rotatable bonds is 6. The van der Waals surface area contributed by atoms with Gasteiger partial charge >= 0.3 is 5.97 Å². The highest BCUT2D eigenvalue weighted by Gasteiger charge is 2.40. The van der Waals surface area contributed by atoms with Crippen LogP contribution in [0.3, 0.4) is 0 Å². The van der Waals surface area contributed by atoms with Crippen molar-refractivity contribution >= 4 is 23.3 Å². The quantitative estimate of drug-likeness (QED) is 0.778. The van der Waals surface area contributed by atoms with Crippen molar-refractivity contribution in [1.29, 1.82) is 0 Å². The lowest BCUT2D eigenvalue weighted by Gasteiger charge is -2.28. The minimum Gasteiger partial charge on any atom is -0.456 e. The topological polar surface area (TPSA) is 67.9 Å². The van der Waals surface area contributed by atoms with Gasteiger partial charge in [-0.25, -0.2) is 0 Å². The lowest BCUT2D eigenvalue weighted by Crippen LogP contribution is -2.36. The van der Waals surface area contributed by atoms with Crippen LogP contribution in [0.4, 0.5) is 11.4 Å². The maximum Gasteiger partial charge on any atom is 0.306 e. The molecule has 6 nitrogen and oxygen atoms in total. The predicted octanol–water partition coefficient (Wildman–Crippen LogP) is 2.83. The smallest absolute Gasteiger partial charge is 0.306 e. The lowest BCUT2D eigenvalue weighted by molar-refractivity contribution is -0.148. The number of hydrogen-bond donors (Lipinski definition) is 1. The monoisotopic (exact) mass is 372 g/mol. The Kier molecular flexibility index (Phi) is 5.62. The number of benzene rings is 1. The van der Waals surface area contributed by atoms with E-state index in [0.717, 1.165) is 44.3 Å². The van der Waals surface area contributed by atoms with E-state index in [-0.39, 0.29) is 18.5 Å². The lowest BCUT2D eigenvalue weighted by atomic mass is 9.86. The zero-order valence-corrected chi connectivity index (χ0v) is 15.7. The third-order valence-corrected chi connectivity index (χ3v) is 6.20. The van der Waals surface area contributed by atoms with Gasteiger partial charge in [0.2, 0.25) is 0 Å². The molecule has 3 aliphatic rings. The van der Waals surface area contributed by atoms with E-state index in [0.29, 0.717) is 23.9 Å². The summed E-state index contributed by atoms with van der Waals surface area (Å²) in [5, 5.41) is 2.79. The summed E-state index contributed by atoms with van der Waals surface area (Å²) in [7, 11) is 0. The third-order valence-electron chi connectivity index (χ3n) is 6.20. The van der Waals surface area contributed by atoms with Crippen LogP contribution in [0.15, 0.2) is 24.3 Å². The van der Waals surface area contributed by atoms with Crippen LogP contribution in [0, 0.1) is 17.8 Å². The molecule has 3 fully saturated rings. The van der Waals surface area contributed by atoms with Crippen LogP contribution in [0.1, 0.15) is 32.1 Å². The van der Waals surface area contributed by atoms with E-state index in [1.165, 1.54) is 19.3 Å². The number of amides is 1. The number of ether oxygens (including phenoxy) is 2. The summed E-state index contributed by atoms with van der Waals surface area (Å²) in [6.45, 7) is 3.03. The Morgan fingerprint density at radius 2 is 1.89 bits per heavy atom. The number of nitrogens with zero attached hydrogens (tertiary/aromatic N) is 1. The van der Waals surface area contributed by atoms with E-state index in [1.54, 1.807) is 0 Å². The molecule has 0 spiro atoms. The Bertz CT molecular complexity index is 669. The minimum absolute atomic E-state index is 0.217. The van der Waals surface area contributed by atoms with Gasteiger partial charge in [-0.3, -0.25) is 9.59 Å². The van der Waals surface area contributed by atoms with Crippen LogP contribution in [0.2, 0.25) is 0 Å². The fourth-order valence-corrected chi connectivity index (χ4v) is 4.82. The molecule has 6 heteroatoms. The molecule has 1 heterocycles. The fourth-order valence-electron chi connectivity index (χ4n) is 4.82. The van der Waals surface area contributed by atoms with Gasteiger partial charge in [-0.15, -0.1) is 0 Å². The number of morpholine rings is 1. The Labute approximate surface area is 160 Å². The number of fused-ring (bicyclic) bond motifs is 2. The highest BCUT2D eigenvalue weighted by Crippen LogP contribution is 2.49. The van der Waals surface area contributed by atoms with Crippen LogP contribution in [-0.4, -0.2) is 44.8 Å². The number of esters is 1. The molecule has 1 saturated heterocycles. The molecule has 3 atom stereocenters. The summed E-state index contributed by atoms with van der Waals surface area (Å²) in [6.07, 6.45) is 5.47. The molecule has 1 aliphatic heterocycles. The summed E-state index contributed by atoms with van der Waals surface area (Å²) in [6, 6.07) is 7.73. The normalized spacial score (nSPS) is 26.8. The molecule has 4 rings (SSSR count). The number of carbonyl (C=O) groups excluding carboxylic acids is 2. The largest absolute Gasteiger partial charge is 0.456 e. The molecule has 2 bridgehead atoms. The summed E-state index contributed by atoms with van der Waals surface area (Å²) in [5.41, 5.74) is 1.83. The van der Waals surface area contributed by atoms with E-state index in [1.807, 2.05) is 24.3 Å². The van der Waals surface area contributed by atoms with Gasteiger partial charge in [0, 0.05) is 30.9 Å². The van der Waals surface area contributed by atoms with E-state index in [9.17, 15) is 9.59 Å². The van der Waals surface area contributed by atoms with Crippen molar-refractivity contribution in [2.75, 3.05) is 43.1 Å². The van der Waals surface area contributed by atoms with Crippen LogP contribution < -0.4 is 10.2 Å². The molecular formula is C21H28N2O4. The maximum absolute atomic E-state index is 12.1. The van der Waals surface area contributed by atoms with Crippen molar-refractivity contribution in [2.45, 2.75) is 32.1 Å². The Hall–Kier alpha value is -2.08. The van der Waals surface area contributed by atoms with Gasteiger partial charge < -0.3 is 19.7 Å². The van der Waals surface area contributed by atoms with E-state index in [4.69, 9.17) is 9.47 Å². The number of hydrogen-bond acceptors (Lipinski definition) is 5. The zero-order valence-electron chi connectivity index (χ0n) is 15.7. The molecule has 2 aliphatic carbocycles. The van der Waals surface area contributed by atoms with Gasteiger partial charge in [0.15, 0.2) is 6.61 Å². The van der Waals surface area contributed by atoms with Gasteiger partial charge in [0.1, 0.15) is 0 Å². The molecule has 2 saturated carbocycles. The first-order valence-electron chi connectivity index (χ1n) is 10.1. The Balaban J connectivity index is 1.19. The molecule has 27 heavy (non-hydrogen) atoms. The van der Waals surface area contributed by atoms with E-state index in [2.05, 4.69) is 10.2 Å². The zero-order chi connectivity index (χ0) is 18.6. The first-order valence-corrected chi connectivity index (χ1v) is 10.1. The molecule has 1 N–H and O–H groups in total. The van der Waals surface area contributed by atoms with Gasteiger partial charge in [-0.2, -0.15) is 0 Å². The summed E-state index contributed by atoms with van der Waals surface area (Å²) >= 11 is 0. The minimum atomic E-state index is -0.296. The van der Waals surface area contributed by atoms with Crippen LogP contribution in [-0.2, 0) is 19.1 Å². The molecule has 0 radical (unpaired) electrons. The Morgan fingerprint density at radius 3 is 2.56 bits per heavy atom. The SMILES string of the molecule is O=C(COC(=O)C[C@@H]1C[C@@H]2CC[C@@H]1C2)Nc1ccc(N2CCOCC2)cc1. The average molecular weight is 372 g/mol. The van der Waals surface area contributed by atoms with Gasteiger partial charge in [0.25, 0.3) is 5.91 Å². The number of nitrogens with one attached hydrogen (secondary N) is 1. The maximum atomic E-state index is 12.1. The van der Waals surface area contributed by atoms with Crippen LogP contribution in [0.5, 0.6) is 0 Å². The van der Waals surface area contributed by atoms with Crippen molar-refractivity contribution in [3.63, 3.8) is 0 Å². The molecule has 0 unspecified atom stereocenters. The van der Waals surface area contributed by atoms with Crippen LogP contribution >= 0.6 is 0 Å². The fraction of sp³-hybridized carbons (Fsp3) is 0.619. The van der Waals surface area contributed by atoms with Gasteiger partial charge in [-0.05, 0) is 61.3 Å². The van der Waals surface area contributed by atoms with Crippen molar-refractivity contribution < 1.29 is 19.1 Å². The highest BCUT2D eigenvalue weighted by atomic mass is 16.5. The van der Waals surface area contributed by atoms with Gasteiger partial charge in [0.05, 0.1) is 13.2 Å². The van der Waals surface area contributed by atoms with Crippen molar-refractivity contribution in [1.82, 2.24) is 0 Å². The second-order valence-electron chi connectivity index (χ2n) is 7.99. The first-order chi connectivity index (χ1) is 13.2. The second-order valence-corrected chi connectivity index (χ2v) is 7.99. The second kappa shape index (κ2) is 8.30. The first kappa shape index (κ1) is 18.3. The van der Waals surface area contributed by atoms with E-state index >= 15 is 0 Å². The van der Waals surface area contributed by atoms with Gasteiger partial charge in [-0.1, -0.05) is 6.42 Å². The summed E-state index contributed by atoms with van der Waals surface area (Å²) in [5.74, 6) is 1.44. The third kappa shape index (κ3) is 4.61. The predicted molar refractivity (Wildman–Crippen MR) is 103 cm³/mol. The molecule has 146 valence electrons. The molecule has 0 aromatic heterocycles. The molecule has 1 amide bonds.